The van der Waals surface area contributed by atoms with Gasteiger partial charge in [-0.2, -0.15) is 0 Å². The molecule has 0 bridgehead atoms. The zero-order chi connectivity index (χ0) is 10.7. The molecule has 2 rings (SSSR count). The van der Waals surface area contributed by atoms with Crippen molar-refractivity contribution in [2.75, 3.05) is 26.0 Å². The first kappa shape index (κ1) is 10.4. The van der Waals surface area contributed by atoms with Gasteiger partial charge in [0.05, 0.1) is 24.2 Å². The lowest BCUT2D eigenvalue weighted by atomic mass is 10.2. The minimum absolute atomic E-state index is 0.532. The maximum absolute atomic E-state index is 5.58. The van der Waals surface area contributed by atoms with Gasteiger partial charge in [0.25, 0.3) is 0 Å². The van der Waals surface area contributed by atoms with Crippen LogP contribution in [0.1, 0.15) is 12.1 Å². The summed E-state index contributed by atoms with van der Waals surface area (Å²) in [5.74, 6) is 0. The number of anilines is 1. The summed E-state index contributed by atoms with van der Waals surface area (Å²) in [7, 11) is 2.11. The van der Waals surface area contributed by atoms with Crippen molar-refractivity contribution in [1.29, 1.82) is 0 Å². The third-order valence-corrected chi connectivity index (χ3v) is 2.79. The molecule has 1 aliphatic rings. The number of aromatic nitrogens is 1. The van der Waals surface area contributed by atoms with E-state index < -0.39 is 0 Å². The molecule has 0 aliphatic carbocycles. The molecule has 0 saturated carbocycles. The van der Waals surface area contributed by atoms with Crippen LogP contribution in [0.5, 0.6) is 0 Å². The highest BCUT2D eigenvalue weighted by Gasteiger charge is 2.20. The average Bonchev–Trinajstić information content (AvgIpc) is 2.74. The number of nitrogen functional groups attached to an aromatic ring is 1. The van der Waals surface area contributed by atoms with Crippen LogP contribution in [-0.4, -0.2) is 36.2 Å². The van der Waals surface area contributed by atoms with Gasteiger partial charge >= 0.3 is 0 Å². The lowest BCUT2D eigenvalue weighted by Gasteiger charge is -2.22. The van der Waals surface area contributed by atoms with Crippen LogP contribution in [0.3, 0.4) is 0 Å². The van der Waals surface area contributed by atoms with Crippen LogP contribution in [-0.2, 0) is 11.3 Å². The van der Waals surface area contributed by atoms with Crippen molar-refractivity contribution in [3.63, 3.8) is 0 Å². The number of likely N-dealkylation sites (N-methyl/N-ethyl adjacent to an activating group) is 1. The fraction of sp³-hybridized carbons (Fsp3) is 0.545. The molecule has 82 valence electrons. The van der Waals surface area contributed by atoms with Crippen LogP contribution >= 0.6 is 0 Å². The molecule has 1 saturated heterocycles. The second-order valence-corrected chi connectivity index (χ2v) is 4.02. The van der Waals surface area contributed by atoms with Crippen molar-refractivity contribution in [3.05, 3.63) is 24.0 Å². The summed E-state index contributed by atoms with van der Waals surface area (Å²) in [5.41, 5.74) is 7.35. The van der Waals surface area contributed by atoms with Crippen LogP contribution in [0.2, 0.25) is 0 Å². The molecule has 0 spiro atoms. The van der Waals surface area contributed by atoms with Crippen molar-refractivity contribution in [1.82, 2.24) is 9.88 Å². The number of hydrogen-bond acceptors (Lipinski definition) is 4. The summed E-state index contributed by atoms with van der Waals surface area (Å²) < 4.78 is 5.35. The van der Waals surface area contributed by atoms with Gasteiger partial charge in [-0.25, -0.2) is 0 Å². The second kappa shape index (κ2) is 4.59. The molecule has 15 heavy (non-hydrogen) atoms. The third kappa shape index (κ3) is 2.67. The molecular formula is C11H17N3O. The maximum atomic E-state index is 5.58. The molecule has 0 aromatic carbocycles. The summed E-state index contributed by atoms with van der Waals surface area (Å²) in [6, 6.07) is 4.40. The molecule has 2 heterocycles. The van der Waals surface area contributed by atoms with E-state index in [2.05, 4.69) is 16.9 Å². The Morgan fingerprint density at radius 2 is 2.47 bits per heavy atom. The van der Waals surface area contributed by atoms with Gasteiger partial charge in [-0.15, -0.1) is 0 Å². The van der Waals surface area contributed by atoms with E-state index in [-0.39, 0.29) is 0 Å². The fourth-order valence-electron chi connectivity index (χ4n) is 1.78. The minimum atomic E-state index is 0.532. The standard InChI is InChI=1S/C11H17N3O/c1-14(11-4-5-15-8-11)7-10-3-2-9(12)6-13-10/h2-3,6,11H,4-5,7-8,12H2,1H3. The highest BCUT2D eigenvalue weighted by atomic mass is 16.5. The van der Waals surface area contributed by atoms with Gasteiger partial charge < -0.3 is 10.5 Å². The van der Waals surface area contributed by atoms with Crippen LogP contribution in [0.25, 0.3) is 0 Å². The van der Waals surface area contributed by atoms with Gasteiger partial charge in [-0.05, 0) is 25.6 Å². The van der Waals surface area contributed by atoms with Crippen molar-refractivity contribution in [2.24, 2.45) is 0 Å². The van der Waals surface area contributed by atoms with Gasteiger partial charge in [0.1, 0.15) is 0 Å². The van der Waals surface area contributed by atoms with Gasteiger partial charge in [0.2, 0.25) is 0 Å². The van der Waals surface area contributed by atoms with Gasteiger partial charge in [-0.3, -0.25) is 9.88 Å². The summed E-state index contributed by atoms with van der Waals surface area (Å²) in [5, 5.41) is 0. The molecule has 2 N–H and O–H groups in total. The highest BCUT2D eigenvalue weighted by molar-refractivity contribution is 5.34. The first-order valence-electron chi connectivity index (χ1n) is 5.24. The number of hydrogen-bond donors (Lipinski definition) is 1. The van der Waals surface area contributed by atoms with Gasteiger partial charge in [0, 0.05) is 19.2 Å². The van der Waals surface area contributed by atoms with E-state index in [0.717, 1.165) is 31.9 Å². The van der Waals surface area contributed by atoms with Crippen LogP contribution in [0.4, 0.5) is 5.69 Å². The maximum Gasteiger partial charge on any atom is 0.0622 e. The second-order valence-electron chi connectivity index (χ2n) is 4.02. The Hall–Kier alpha value is -1.13. The molecule has 0 radical (unpaired) electrons. The average molecular weight is 207 g/mol. The molecule has 1 aromatic heterocycles. The molecule has 1 aliphatic heterocycles. The molecule has 1 aromatic rings. The number of nitrogens with zero attached hydrogens (tertiary/aromatic N) is 2. The van der Waals surface area contributed by atoms with E-state index in [0.29, 0.717) is 11.7 Å². The number of rotatable bonds is 3. The van der Waals surface area contributed by atoms with E-state index >= 15 is 0 Å². The fourth-order valence-corrected chi connectivity index (χ4v) is 1.78. The lowest BCUT2D eigenvalue weighted by Crippen LogP contribution is -2.31. The van der Waals surface area contributed by atoms with Crippen molar-refractivity contribution in [3.8, 4) is 0 Å². The Bertz CT molecular complexity index is 306. The predicted octanol–water partition coefficient (Wildman–Crippen LogP) is 0.885. The Morgan fingerprint density at radius 1 is 1.60 bits per heavy atom. The zero-order valence-electron chi connectivity index (χ0n) is 9.02. The number of nitrogens with two attached hydrogens (primary N) is 1. The normalized spacial score (nSPS) is 21.1. The minimum Gasteiger partial charge on any atom is -0.397 e. The first-order valence-corrected chi connectivity index (χ1v) is 5.24. The van der Waals surface area contributed by atoms with Crippen molar-refractivity contribution in [2.45, 2.75) is 19.0 Å². The topological polar surface area (TPSA) is 51.4 Å². The third-order valence-electron chi connectivity index (χ3n) is 2.79. The van der Waals surface area contributed by atoms with Gasteiger partial charge in [0.15, 0.2) is 0 Å². The van der Waals surface area contributed by atoms with E-state index in [9.17, 15) is 0 Å². The molecule has 1 fully saturated rings. The van der Waals surface area contributed by atoms with E-state index in [4.69, 9.17) is 10.5 Å². The zero-order valence-corrected chi connectivity index (χ0v) is 9.02. The van der Waals surface area contributed by atoms with Gasteiger partial charge in [-0.1, -0.05) is 0 Å². The summed E-state index contributed by atoms with van der Waals surface area (Å²) in [6.07, 6.45) is 2.82. The highest BCUT2D eigenvalue weighted by Crippen LogP contribution is 2.13. The number of pyridine rings is 1. The first-order chi connectivity index (χ1) is 7.25. The largest absolute Gasteiger partial charge is 0.397 e. The van der Waals surface area contributed by atoms with E-state index in [1.807, 2.05) is 12.1 Å². The monoisotopic (exact) mass is 207 g/mol. The molecule has 4 heteroatoms. The van der Waals surface area contributed by atoms with Crippen LogP contribution in [0, 0.1) is 0 Å². The molecular weight excluding hydrogens is 190 g/mol. The number of ether oxygens (including phenoxy) is 1. The smallest absolute Gasteiger partial charge is 0.0622 e. The Morgan fingerprint density at radius 3 is 3.07 bits per heavy atom. The molecule has 1 unspecified atom stereocenters. The lowest BCUT2D eigenvalue weighted by molar-refractivity contribution is 0.156. The van der Waals surface area contributed by atoms with Crippen LogP contribution < -0.4 is 5.73 Å². The van der Waals surface area contributed by atoms with E-state index in [1.54, 1.807) is 6.20 Å². The van der Waals surface area contributed by atoms with E-state index in [1.165, 1.54) is 0 Å². The molecule has 4 nitrogen and oxygen atoms in total. The Kier molecular flexibility index (Phi) is 3.18. The summed E-state index contributed by atoms with van der Waals surface area (Å²) >= 11 is 0. The van der Waals surface area contributed by atoms with Crippen molar-refractivity contribution < 1.29 is 4.74 Å². The summed E-state index contributed by atoms with van der Waals surface area (Å²) in [4.78, 5) is 6.57. The van der Waals surface area contributed by atoms with Crippen molar-refractivity contribution >= 4 is 5.69 Å². The predicted molar refractivity (Wildman–Crippen MR) is 59.3 cm³/mol. The molecule has 1 atom stereocenters. The molecule has 0 amide bonds. The SMILES string of the molecule is CN(Cc1ccc(N)cn1)C1CCOC1. The Labute approximate surface area is 90.0 Å². The Balaban J connectivity index is 1.92. The summed E-state index contributed by atoms with van der Waals surface area (Å²) in [6.45, 7) is 2.57. The quantitative estimate of drug-likeness (QED) is 0.799. The van der Waals surface area contributed by atoms with Crippen LogP contribution in [0.15, 0.2) is 18.3 Å².